The summed E-state index contributed by atoms with van der Waals surface area (Å²) in [6.07, 6.45) is 1.91. The zero-order valence-electron chi connectivity index (χ0n) is 13.5. The van der Waals surface area contributed by atoms with Gasteiger partial charge >= 0.3 is 0 Å². The molecular formula is C16H20ClN3O3S. The van der Waals surface area contributed by atoms with Crippen LogP contribution in [0.4, 0.5) is 5.13 Å². The first kappa shape index (κ1) is 18.5. The molecule has 1 amide bonds. The average Bonchev–Trinajstić information content (AvgIpc) is 3.25. The summed E-state index contributed by atoms with van der Waals surface area (Å²) in [7, 11) is 3.20. The van der Waals surface area contributed by atoms with Crippen LogP contribution < -0.4 is 20.1 Å². The number of carbonyl (C=O) groups is 1. The summed E-state index contributed by atoms with van der Waals surface area (Å²) < 4.78 is 10.5. The molecule has 1 fully saturated rings. The van der Waals surface area contributed by atoms with Gasteiger partial charge in [-0.05, 0) is 37.6 Å². The van der Waals surface area contributed by atoms with Crippen LogP contribution in [0.1, 0.15) is 12.8 Å². The van der Waals surface area contributed by atoms with Gasteiger partial charge in [-0.15, -0.1) is 23.7 Å². The second-order valence-electron chi connectivity index (χ2n) is 5.25. The van der Waals surface area contributed by atoms with Crippen LogP contribution in [0.3, 0.4) is 0 Å². The summed E-state index contributed by atoms with van der Waals surface area (Å²) in [4.78, 5) is 16.6. The molecule has 130 valence electrons. The van der Waals surface area contributed by atoms with E-state index in [4.69, 9.17) is 9.47 Å². The molecule has 1 aliphatic heterocycles. The number of aromatic nitrogens is 1. The average molecular weight is 370 g/mol. The molecule has 1 aliphatic rings. The first-order valence-corrected chi connectivity index (χ1v) is 8.31. The number of benzene rings is 1. The second kappa shape index (κ2) is 8.32. The van der Waals surface area contributed by atoms with E-state index in [1.807, 2.05) is 23.6 Å². The number of thiazole rings is 1. The molecule has 2 heterocycles. The van der Waals surface area contributed by atoms with Crippen LogP contribution in [-0.4, -0.2) is 37.7 Å². The Morgan fingerprint density at radius 1 is 1.33 bits per heavy atom. The number of amides is 1. The van der Waals surface area contributed by atoms with Crippen molar-refractivity contribution < 1.29 is 14.3 Å². The highest BCUT2D eigenvalue weighted by atomic mass is 35.5. The van der Waals surface area contributed by atoms with Crippen LogP contribution in [0.15, 0.2) is 23.6 Å². The van der Waals surface area contributed by atoms with Crippen LogP contribution in [0.5, 0.6) is 11.5 Å². The fourth-order valence-electron chi connectivity index (χ4n) is 2.56. The Balaban J connectivity index is 0.00000208. The zero-order valence-corrected chi connectivity index (χ0v) is 15.1. The number of nitrogens with one attached hydrogen (secondary N) is 2. The SMILES string of the molecule is COc1ccc(-c2csc(NC(=O)C3CCCN3)n2)cc1OC.Cl. The van der Waals surface area contributed by atoms with E-state index in [0.29, 0.717) is 16.6 Å². The number of hydrogen-bond acceptors (Lipinski definition) is 6. The molecule has 2 aromatic rings. The minimum atomic E-state index is -0.108. The molecule has 0 aliphatic carbocycles. The number of halogens is 1. The molecule has 3 rings (SSSR count). The van der Waals surface area contributed by atoms with Gasteiger partial charge in [0, 0.05) is 10.9 Å². The molecule has 1 aromatic heterocycles. The molecule has 8 heteroatoms. The van der Waals surface area contributed by atoms with Crippen molar-refractivity contribution in [1.82, 2.24) is 10.3 Å². The number of hydrogen-bond donors (Lipinski definition) is 2. The maximum absolute atomic E-state index is 12.1. The Labute approximate surface area is 151 Å². The number of nitrogens with zero attached hydrogens (tertiary/aromatic N) is 1. The molecule has 0 radical (unpaired) electrons. The van der Waals surface area contributed by atoms with Crippen molar-refractivity contribution in [3.05, 3.63) is 23.6 Å². The summed E-state index contributed by atoms with van der Waals surface area (Å²) in [6, 6.07) is 5.52. The maximum Gasteiger partial charge on any atom is 0.243 e. The Kier molecular flexibility index (Phi) is 6.42. The largest absolute Gasteiger partial charge is 0.493 e. The van der Waals surface area contributed by atoms with E-state index in [0.717, 1.165) is 30.6 Å². The summed E-state index contributed by atoms with van der Waals surface area (Å²) in [5.41, 5.74) is 1.71. The van der Waals surface area contributed by atoms with E-state index in [-0.39, 0.29) is 24.4 Å². The summed E-state index contributed by atoms with van der Waals surface area (Å²) in [6.45, 7) is 0.896. The van der Waals surface area contributed by atoms with E-state index >= 15 is 0 Å². The van der Waals surface area contributed by atoms with Crippen molar-refractivity contribution in [2.45, 2.75) is 18.9 Å². The number of anilines is 1. The fraction of sp³-hybridized carbons (Fsp3) is 0.375. The van der Waals surface area contributed by atoms with Crippen molar-refractivity contribution >= 4 is 34.8 Å². The molecule has 1 unspecified atom stereocenters. The van der Waals surface area contributed by atoms with Crippen LogP contribution in [0, 0.1) is 0 Å². The van der Waals surface area contributed by atoms with Gasteiger partial charge in [0.05, 0.1) is 26.0 Å². The van der Waals surface area contributed by atoms with Crippen LogP contribution >= 0.6 is 23.7 Å². The van der Waals surface area contributed by atoms with Gasteiger partial charge in [-0.1, -0.05) is 0 Å². The highest BCUT2D eigenvalue weighted by molar-refractivity contribution is 7.14. The Morgan fingerprint density at radius 3 is 2.79 bits per heavy atom. The lowest BCUT2D eigenvalue weighted by Gasteiger charge is -2.09. The molecular weight excluding hydrogens is 350 g/mol. The van der Waals surface area contributed by atoms with Gasteiger partial charge in [0.15, 0.2) is 16.6 Å². The summed E-state index contributed by atoms with van der Waals surface area (Å²) >= 11 is 1.41. The first-order valence-electron chi connectivity index (χ1n) is 7.43. The third kappa shape index (κ3) is 3.98. The molecule has 1 atom stereocenters. The quantitative estimate of drug-likeness (QED) is 0.847. The van der Waals surface area contributed by atoms with E-state index in [9.17, 15) is 4.79 Å². The van der Waals surface area contributed by atoms with Crippen LogP contribution in [-0.2, 0) is 4.79 Å². The van der Waals surface area contributed by atoms with E-state index in [2.05, 4.69) is 15.6 Å². The third-order valence-electron chi connectivity index (χ3n) is 3.79. The maximum atomic E-state index is 12.1. The van der Waals surface area contributed by atoms with Crippen molar-refractivity contribution in [3.8, 4) is 22.8 Å². The lowest BCUT2D eigenvalue weighted by atomic mass is 10.1. The highest BCUT2D eigenvalue weighted by Gasteiger charge is 2.22. The van der Waals surface area contributed by atoms with Gasteiger partial charge in [0.25, 0.3) is 0 Å². The fourth-order valence-corrected chi connectivity index (χ4v) is 3.28. The number of rotatable bonds is 5. The topological polar surface area (TPSA) is 72.5 Å². The van der Waals surface area contributed by atoms with Gasteiger partial charge in [-0.2, -0.15) is 0 Å². The number of methoxy groups -OCH3 is 2. The van der Waals surface area contributed by atoms with E-state index in [1.54, 1.807) is 14.2 Å². The summed E-state index contributed by atoms with van der Waals surface area (Å²) in [5.74, 6) is 1.31. The molecule has 2 N–H and O–H groups in total. The van der Waals surface area contributed by atoms with Crippen molar-refractivity contribution in [2.75, 3.05) is 26.1 Å². The van der Waals surface area contributed by atoms with Crippen molar-refractivity contribution in [1.29, 1.82) is 0 Å². The molecule has 1 aromatic carbocycles. The molecule has 6 nitrogen and oxygen atoms in total. The lowest BCUT2D eigenvalue weighted by Crippen LogP contribution is -2.35. The van der Waals surface area contributed by atoms with E-state index < -0.39 is 0 Å². The van der Waals surface area contributed by atoms with Gasteiger partial charge < -0.3 is 20.1 Å². The molecule has 0 saturated carbocycles. The molecule has 0 spiro atoms. The standard InChI is InChI=1S/C16H19N3O3S.ClH/c1-21-13-6-5-10(8-14(13)22-2)12-9-23-16(18-12)19-15(20)11-4-3-7-17-11;/h5-6,8-9,11,17H,3-4,7H2,1-2H3,(H,18,19,20);1H. The van der Waals surface area contributed by atoms with Crippen molar-refractivity contribution in [2.24, 2.45) is 0 Å². The van der Waals surface area contributed by atoms with Crippen molar-refractivity contribution in [3.63, 3.8) is 0 Å². The second-order valence-corrected chi connectivity index (χ2v) is 6.10. The van der Waals surface area contributed by atoms with Gasteiger partial charge in [-0.3, -0.25) is 4.79 Å². The first-order chi connectivity index (χ1) is 11.2. The number of ether oxygens (including phenoxy) is 2. The molecule has 1 saturated heterocycles. The van der Waals surface area contributed by atoms with Crippen LogP contribution in [0.2, 0.25) is 0 Å². The lowest BCUT2D eigenvalue weighted by molar-refractivity contribution is -0.117. The minimum Gasteiger partial charge on any atom is -0.493 e. The van der Waals surface area contributed by atoms with Crippen LogP contribution in [0.25, 0.3) is 11.3 Å². The minimum absolute atomic E-state index is 0. The predicted molar refractivity (Wildman–Crippen MR) is 97.6 cm³/mol. The molecule has 24 heavy (non-hydrogen) atoms. The predicted octanol–water partition coefficient (Wildman–Crippen LogP) is 2.94. The Bertz CT molecular complexity index is 702. The van der Waals surface area contributed by atoms with Gasteiger partial charge in [0.2, 0.25) is 5.91 Å². The smallest absolute Gasteiger partial charge is 0.243 e. The zero-order chi connectivity index (χ0) is 16.2. The normalized spacial score (nSPS) is 16.3. The Morgan fingerprint density at radius 2 is 2.12 bits per heavy atom. The Hall–Kier alpha value is -1.83. The van der Waals surface area contributed by atoms with E-state index in [1.165, 1.54) is 11.3 Å². The third-order valence-corrected chi connectivity index (χ3v) is 4.55. The number of carbonyl (C=O) groups excluding carboxylic acids is 1. The van der Waals surface area contributed by atoms with Gasteiger partial charge in [-0.25, -0.2) is 4.98 Å². The molecule has 0 bridgehead atoms. The van der Waals surface area contributed by atoms with Gasteiger partial charge in [0.1, 0.15) is 0 Å². The summed E-state index contributed by atoms with van der Waals surface area (Å²) in [5, 5.41) is 8.57. The monoisotopic (exact) mass is 369 g/mol. The highest BCUT2D eigenvalue weighted by Crippen LogP contribution is 2.33.